The lowest BCUT2D eigenvalue weighted by atomic mass is 9.91. The number of fused-ring (bicyclic) bond motifs is 1. The van der Waals surface area contributed by atoms with Crippen molar-refractivity contribution >= 4 is 22.8 Å². The number of aliphatic carboxylic acids is 1. The van der Waals surface area contributed by atoms with Crippen LogP contribution in [0.4, 0.5) is 8.78 Å². The van der Waals surface area contributed by atoms with E-state index in [1.54, 1.807) is 6.92 Å². The topological polar surface area (TPSA) is 79.5 Å². The second kappa shape index (κ2) is 8.65. The molecule has 1 unspecified atom stereocenters. The highest BCUT2D eigenvalue weighted by molar-refractivity contribution is 6.05. The van der Waals surface area contributed by atoms with Crippen LogP contribution in [-0.4, -0.2) is 26.7 Å². The van der Waals surface area contributed by atoms with E-state index < -0.39 is 29.4 Å². The van der Waals surface area contributed by atoms with Gasteiger partial charge in [-0.2, -0.15) is 0 Å². The molecule has 0 saturated heterocycles. The summed E-state index contributed by atoms with van der Waals surface area (Å²) in [6.45, 7) is 3.64. The van der Waals surface area contributed by atoms with E-state index in [-0.39, 0.29) is 11.3 Å². The minimum Gasteiger partial charge on any atom is -0.508 e. The van der Waals surface area contributed by atoms with Crippen LogP contribution >= 0.6 is 0 Å². The fraction of sp³-hybridized carbons (Fsp3) is 0.304. The van der Waals surface area contributed by atoms with Gasteiger partial charge in [-0.05, 0) is 55.3 Å². The quantitative estimate of drug-likeness (QED) is 0.509. The summed E-state index contributed by atoms with van der Waals surface area (Å²) in [5.74, 6) is -4.74. The van der Waals surface area contributed by atoms with Crippen molar-refractivity contribution in [2.24, 2.45) is 0 Å². The number of phenolic OH excluding ortho intramolecular Hbond substituents is 1. The zero-order chi connectivity index (χ0) is 22.0. The smallest absolute Gasteiger partial charge is 0.311 e. The van der Waals surface area contributed by atoms with Crippen molar-refractivity contribution in [2.45, 2.75) is 45.4 Å². The second-order valence-corrected chi connectivity index (χ2v) is 7.36. The molecule has 0 aliphatic carbocycles. The third-order valence-electron chi connectivity index (χ3n) is 5.35. The highest BCUT2D eigenvalue weighted by Crippen LogP contribution is 2.37. The minimum absolute atomic E-state index is 0.0566. The van der Waals surface area contributed by atoms with Crippen molar-refractivity contribution in [3.8, 4) is 5.75 Å². The van der Waals surface area contributed by atoms with Gasteiger partial charge < -0.3 is 10.2 Å². The van der Waals surface area contributed by atoms with Gasteiger partial charge in [0.15, 0.2) is 11.6 Å². The maximum atomic E-state index is 13.7. The number of hydrogen-bond donors (Lipinski definition) is 2. The van der Waals surface area contributed by atoms with E-state index in [9.17, 15) is 28.6 Å². The van der Waals surface area contributed by atoms with Gasteiger partial charge in [-0.1, -0.05) is 26.2 Å². The van der Waals surface area contributed by atoms with Crippen molar-refractivity contribution in [3.63, 3.8) is 0 Å². The number of carboxylic acids is 1. The number of phenols is 1. The molecule has 0 radical (unpaired) electrons. The molecule has 0 aliphatic heterocycles. The van der Waals surface area contributed by atoms with E-state index in [4.69, 9.17) is 0 Å². The molecule has 0 amide bonds. The molecule has 0 spiro atoms. The van der Waals surface area contributed by atoms with Crippen LogP contribution < -0.4 is 0 Å². The first-order valence-electron chi connectivity index (χ1n) is 9.82. The molecule has 2 N–H and O–H groups in total. The van der Waals surface area contributed by atoms with Gasteiger partial charge in [0.25, 0.3) is 5.91 Å². The number of aromatic hydroxyl groups is 1. The normalized spacial score (nSPS) is 12.3. The molecular weight excluding hydrogens is 392 g/mol. The Balaban J connectivity index is 2.21. The average molecular weight is 415 g/mol. The van der Waals surface area contributed by atoms with E-state index in [0.717, 1.165) is 25.0 Å². The Bertz CT molecular complexity index is 1120. The van der Waals surface area contributed by atoms with Crippen molar-refractivity contribution in [1.29, 1.82) is 0 Å². The van der Waals surface area contributed by atoms with Crippen LogP contribution in [0.25, 0.3) is 10.9 Å². The monoisotopic (exact) mass is 415 g/mol. The molecule has 0 bridgehead atoms. The third kappa shape index (κ3) is 3.92. The number of aromatic nitrogens is 1. The summed E-state index contributed by atoms with van der Waals surface area (Å²) in [7, 11) is 0. The fourth-order valence-corrected chi connectivity index (χ4v) is 3.88. The number of carbonyl (C=O) groups excluding carboxylic acids is 1. The molecule has 0 fully saturated rings. The number of unbranched alkanes of at least 4 members (excludes halogenated alkanes) is 2. The summed E-state index contributed by atoms with van der Waals surface area (Å²) < 4.78 is 28.3. The van der Waals surface area contributed by atoms with Crippen molar-refractivity contribution < 1.29 is 28.6 Å². The molecule has 1 aromatic heterocycles. The maximum absolute atomic E-state index is 13.7. The Morgan fingerprint density at radius 3 is 2.43 bits per heavy atom. The van der Waals surface area contributed by atoms with Gasteiger partial charge in [0.05, 0.1) is 11.4 Å². The van der Waals surface area contributed by atoms with E-state index in [1.165, 1.54) is 28.8 Å². The molecule has 7 heteroatoms. The molecule has 0 aliphatic rings. The Kier molecular flexibility index (Phi) is 6.20. The van der Waals surface area contributed by atoms with E-state index >= 15 is 0 Å². The zero-order valence-corrected chi connectivity index (χ0v) is 16.8. The van der Waals surface area contributed by atoms with Crippen molar-refractivity contribution in [2.75, 3.05) is 0 Å². The number of nitrogens with zero attached hydrogens (tertiary/aromatic N) is 1. The standard InChI is InChI=1S/C23H23F2NO4/c1-3-4-5-6-16(23(29)30)21-13(2)26(20-10-8-15(27)12-17(20)21)22(28)14-7-9-18(24)19(25)11-14/h7-12,16,27H,3-6H2,1-2H3,(H,29,30). The maximum Gasteiger partial charge on any atom is 0.311 e. The molecule has 30 heavy (non-hydrogen) atoms. The van der Waals surface area contributed by atoms with E-state index in [2.05, 4.69) is 0 Å². The van der Waals surface area contributed by atoms with Gasteiger partial charge in [0, 0.05) is 16.6 Å². The summed E-state index contributed by atoms with van der Waals surface area (Å²) in [5, 5.41) is 20.3. The lowest BCUT2D eigenvalue weighted by Crippen LogP contribution is -2.16. The van der Waals surface area contributed by atoms with Gasteiger partial charge in [0.2, 0.25) is 0 Å². The van der Waals surface area contributed by atoms with Gasteiger partial charge in [-0.25, -0.2) is 8.78 Å². The van der Waals surface area contributed by atoms with E-state index in [0.29, 0.717) is 35.0 Å². The van der Waals surface area contributed by atoms with Crippen LogP contribution in [0.2, 0.25) is 0 Å². The molecule has 1 heterocycles. The number of benzene rings is 2. The van der Waals surface area contributed by atoms with Crippen LogP contribution in [0.15, 0.2) is 36.4 Å². The molecule has 2 aromatic carbocycles. The molecule has 158 valence electrons. The predicted molar refractivity (Wildman–Crippen MR) is 109 cm³/mol. The van der Waals surface area contributed by atoms with Crippen LogP contribution in [-0.2, 0) is 4.79 Å². The third-order valence-corrected chi connectivity index (χ3v) is 5.35. The Labute approximate surface area is 172 Å². The van der Waals surface area contributed by atoms with Gasteiger partial charge in [0.1, 0.15) is 5.75 Å². The summed E-state index contributed by atoms with van der Waals surface area (Å²) in [5.41, 5.74) is 1.18. The number of halogens is 2. The lowest BCUT2D eigenvalue weighted by molar-refractivity contribution is -0.139. The molecule has 3 rings (SSSR count). The predicted octanol–water partition coefficient (Wildman–Crippen LogP) is 5.37. The number of carboxylic acid groups (broad SMARTS) is 1. The molecule has 0 saturated carbocycles. The van der Waals surface area contributed by atoms with Crippen molar-refractivity contribution in [1.82, 2.24) is 4.57 Å². The summed E-state index contributed by atoms with van der Waals surface area (Å²) in [6, 6.07) is 7.22. The first-order chi connectivity index (χ1) is 14.3. The van der Waals surface area contributed by atoms with Crippen LogP contribution in [0, 0.1) is 18.6 Å². The lowest BCUT2D eigenvalue weighted by Gasteiger charge is -2.14. The average Bonchev–Trinajstić information content (AvgIpc) is 2.97. The largest absolute Gasteiger partial charge is 0.508 e. The molecular formula is C23H23F2NO4. The van der Waals surface area contributed by atoms with Crippen LogP contribution in [0.5, 0.6) is 5.75 Å². The van der Waals surface area contributed by atoms with Gasteiger partial charge >= 0.3 is 5.97 Å². The zero-order valence-electron chi connectivity index (χ0n) is 16.8. The van der Waals surface area contributed by atoms with Gasteiger partial charge in [-0.3, -0.25) is 14.2 Å². The van der Waals surface area contributed by atoms with Crippen molar-refractivity contribution in [3.05, 3.63) is 64.9 Å². The highest BCUT2D eigenvalue weighted by atomic mass is 19.2. The second-order valence-electron chi connectivity index (χ2n) is 7.36. The Hall–Kier alpha value is -3.22. The fourth-order valence-electron chi connectivity index (χ4n) is 3.88. The molecule has 5 nitrogen and oxygen atoms in total. The highest BCUT2D eigenvalue weighted by Gasteiger charge is 2.29. The Morgan fingerprint density at radius 2 is 1.80 bits per heavy atom. The van der Waals surface area contributed by atoms with Crippen LogP contribution in [0.1, 0.15) is 60.1 Å². The first kappa shape index (κ1) is 21.5. The molecule has 3 aromatic rings. The molecule has 1 atom stereocenters. The number of carbonyl (C=O) groups is 2. The summed E-state index contributed by atoms with van der Waals surface area (Å²) in [4.78, 5) is 25.2. The summed E-state index contributed by atoms with van der Waals surface area (Å²) >= 11 is 0. The number of rotatable bonds is 7. The summed E-state index contributed by atoms with van der Waals surface area (Å²) in [6.07, 6.45) is 2.90. The minimum atomic E-state index is -1.14. The SMILES string of the molecule is CCCCCC(C(=O)O)c1c(C)n(C(=O)c2ccc(F)c(F)c2)c2ccc(O)cc12. The first-order valence-corrected chi connectivity index (χ1v) is 9.82. The van der Waals surface area contributed by atoms with Gasteiger partial charge in [-0.15, -0.1) is 0 Å². The Morgan fingerprint density at radius 1 is 1.07 bits per heavy atom. The number of hydrogen-bond acceptors (Lipinski definition) is 3. The van der Waals surface area contributed by atoms with E-state index in [1.807, 2.05) is 6.92 Å². The van der Waals surface area contributed by atoms with Crippen LogP contribution in [0.3, 0.4) is 0 Å².